The molecule has 4 nitrogen and oxygen atoms in total. The molecule has 0 bridgehead atoms. The van der Waals surface area contributed by atoms with Gasteiger partial charge in [-0.15, -0.1) is 0 Å². The van der Waals surface area contributed by atoms with Crippen LogP contribution < -0.4 is 0 Å². The molecule has 0 saturated heterocycles. The number of hydrogen-bond donors (Lipinski definition) is 0. The highest BCUT2D eigenvalue weighted by atomic mass is 35.5. The monoisotopic (exact) mass is 393 g/mol. The van der Waals surface area contributed by atoms with Crippen molar-refractivity contribution < 1.29 is 22.4 Å². The minimum Gasteiger partial charge on any atom is -0.267 e. The van der Waals surface area contributed by atoms with Crippen LogP contribution in [-0.4, -0.2) is 29.2 Å². The van der Waals surface area contributed by atoms with Gasteiger partial charge in [0.05, 0.1) is 27.4 Å². The maximum atomic E-state index is 13.0. The van der Waals surface area contributed by atoms with Crippen LogP contribution in [0, 0.1) is 5.82 Å². The Bertz CT molecular complexity index is 840. The first-order valence-electron chi connectivity index (χ1n) is 6.59. The first-order valence-corrected chi connectivity index (χ1v) is 7.35. The topological polar surface area (TPSA) is 45.6 Å². The van der Waals surface area contributed by atoms with Crippen LogP contribution in [0.2, 0.25) is 10.0 Å². The lowest BCUT2D eigenvalue weighted by Crippen LogP contribution is -2.22. The van der Waals surface area contributed by atoms with E-state index >= 15 is 0 Å². The van der Waals surface area contributed by atoms with Gasteiger partial charge in [-0.25, -0.2) is 9.40 Å². The number of nitrogens with zero attached hydrogens (tertiary/aromatic N) is 3. The first kappa shape index (κ1) is 19.1. The second-order valence-corrected chi connectivity index (χ2v) is 5.60. The Kier molecular flexibility index (Phi) is 5.64. The Labute approximate surface area is 149 Å². The van der Waals surface area contributed by atoms with Gasteiger partial charge >= 0.3 is 6.18 Å². The summed E-state index contributed by atoms with van der Waals surface area (Å²) in [5, 5.41) is 4.26. The molecule has 25 heavy (non-hydrogen) atoms. The van der Waals surface area contributed by atoms with Crippen molar-refractivity contribution in [2.45, 2.75) is 6.18 Å². The molecule has 0 radical (unpaired) electrons. The molecule has 10 heteroatoms. The Morgan fingerprint density at radius 3 is 2.48 bits per heavy atom. The molecular weight excluding hydrogens is 385 g/mol. The van der Waals surface area contributed by atoms with Crippen molar-refractivity contribution in [2.24, 2.45) is 5.10 Å². The number of pyridine rings is 1. The van der Waals surface area contributed by atoms with Gasteiger partial charge in [0, 0.05) is 13.2 Å². The average molecular weight is 394 g/mol. The molecule has 0 aliphatic rings. The number of alkyl halides is 3. The number of hydrazone groups is 1. The van der Waals surface area contributed by atoms with E-state index < -0.39 is 23.5 Å². The Hall–Kier alpha value is -2.19. The van der Waals surface area contributed by atoms with E-state index in [1.165, 1.54) is 13.1 Å². The number of carbonyl (C=O) groups is 1. The van der Waals surface area contributed by atoms with E-state index in [-0.39, 0.29) is 21.3 Å². The van der Waals surface area contributed by atoms with Gasteiger partial charge in [-0.3, -0.25) is 9.78 Å². The summed E-state index contributed by atoms with van der Waals surface area (Å²) in [7, 11) is 1.29. The molecule has 2 rings (SSSR count). The van der Waals surface area contributed by atoms with Crippen molar-refractivity contribution in [1.82, 2.24) is 9.99 Å². The van der Waals surface area contributed by atoms with Gasteiger partial charge in [0.25, 0.3) is 5.91 Å². The van der Waals surface area contributed by atoms with Crippen LogP contribution >= 0.6 is 23.2 Å². The summed E-state index contributed by atoms with van der Waals surface area (Å²) in [5.74, 6) is -1.25. The summed E-state index contributed by atoms with van der Waals surface area (Å²) >= 11 is 11.5. The van der Waals surface area contributed by atoms with Crippen LogP contribution in [0.5, 0.6) is 0 Å². The zero-order valence-corrected chi connectivity index (χ0v) is 14.0. The second-order valence-electron chi connectivity index (χ2n) is 4.79. The second kappa shape index (κ2) is 7.37. The van der Waals surface area contributed by atoms with Crippen LogP contribution in [0.1, 0.15) is 21.6 Å². The van der Waals surface area contributed by atoms with Gasteiger partial charge in [0.15, 0.2) is 0 Å². The molecule has 132 valence electrons. The zero-order chi connectivity index (χ0) is 18.8. The van der Waals surface area contributed by atoms with Crippen LogP contribution in [-0.2, 0) is 6.18 Å². The normalized spacial score (nSPS) is 11.8. The molecule has 1 heterocycles. The van der Waals surface area contributed by atoms with E-state index in [4.69, 9.17) is 23.2 Å². The number of aromatic nitrogens is 1. The number of carbonyl (C=O) groups excluding carboxylic acids is 1. The van der Waals surface area contributed by atoms with E-state index in [9.17, 15) is 22.4 Å². The summed E-state index contributed by atoms with van der Waals surface area (Å²) in [5.41, 5.74) is -1.05. The molecule has 0 N–H and O–H groups in total. The average Bonchev–Trinajstić information content (AvgIpc) is 2.51. The lowest BCUT2D eigenvalue weighted by Gasteiger charge is -2.12. The van der Waals surface area contributed by atoms with E-state index in [0.29, 0.717) is 12.3 Å². The Morgan fingerprint density at radius 1 is 1.24 bits per heavy atom. The number of halogens is 6. The smallest absolute Gasteiger partial charge is 0.267 e. The number of benzene rings is 1. The van der Waals surface area contributed by atoms with E-state index in [2.05, 4.69) is 10.1 Å². The van der Waals surface area contributed by atoms with E-state index in [1.54, 1.807) is 0 Å². The maximum Gasteiger partial charge on any atom is 0.417 e. The molecule has 0 unspecified atom stereocenters. The minimum absolute atomic E-state index is 0.00851. The molecule has 0 aliphatic carbocycles. The summed E-state index contributed by atoms with van der Waals surface area (Å²) < 4.78 is 50.6. The molecule has 1 amide bonds. The third-order valence-corrected chi connectivity index (χ3v) is 3.62. The standard InChI is InChI=1S/C15H9Cl2F4N3O/c1-24(14(25)10-3-2-9(18)5-11(10)16)23-7-13-12(17)4-8(6-22-13)15(19,20)21/h2-7H,1H3/b23-7+. The summed E-state index contributed by atoms with van der Waals surface area (Å²) in [6.45, 7) is 0. The van der Waals surface area contributed by atoms with Crippen LogP contribution in [0.4, 0.5) is 17.6 Å². The fourth-order valence-electron chi connectivity index (χ4n) is 1.73. The third-order valence-electron chi connectivity index (χ3n) is 3.01. The molecule has 0 aliphatic heterocycles. The van der Waals surface area contributed by atoms with Gasteiger partial charge < -0.3 is 0 Å². The van der Waals surface area contributed by atoms with Crippen molar-refractivity contribution in [2.75, 3.05) is 7.05 Å². The Balaban J connectivity index is 2.19. The highest BCUT2D eigenvalue weighted by Crippen LogP contribution is 2.30. The maximum absolute atomic E-state index is 13.0. The van der Waals surface area contributed by atoms with E-state index in [0.717, 1.165) is 23.4 Å². The molecule has 0 spiro atoms. The fourth-order valence-corrected chi connectivity index (χ4v) is 2.19. The molecule has 0 fully saturated rings. The van der Waals surface area contributed by atoms with E-state index in [1.807, 2.05) is 0 Å². The first-order chi connectivity index (χ1) is 11.6. The van der Waals surface area contributed by atoms with Crippen LogP contribution in [0.25, 0.3) is 0 Å². The summed E-state index contributed by atoms with van der Waals surface area (Å²) in [4.78, 5) is 15.7. The van der Waals surface area contributed by atoms with Crippen LogP contribution in [0.15, 0.2) is 35.6 Å². The SMILES string of the molecule is CN(/N=C/c1ncc(C(F)(F)F)cc1Cl)C(=O)c1ccc(F)cc1Cl. The quantitative estimate of drug-likeness (QED) is 0.432. The van der Waals surface area contributed by atoms with Crippen LogP contribution in [0.3, 0.4) is 0 Å². The predicted molar refractivity (Wildman–Crippen MR) is 85.3 cm³/mol. The van der Waals surface area contributed by atoms with Crippen molar-refractivity contribution in [3.63, 3.8) is 0 Å². The van der Waals surface area contributed by atoms with Gasteiger partial charge in [0.2, 0.25) is 0 Å². The summed E-state index contributed by atoms with van der Waals surface area (Å²) in [6.07, 6.45) is -2.94. The molecule has 2 aromatic rings. The lowest BCUT2D eigenvalue weighted by atomic mass is 10.2. The van der Waals surface area contributed by atoms with Crippen molar-refractivity contribution in [3.05, 3.63) is 63.1 Å². The zero-order valence-electron chi connectivity index (χ0n) is 12.5. The van der Waals surface area contributed by atoms with Gasteiger partial charge in [-0.1, -0.05) is 23.2 Å². The van der Waals surface area contributed by atoms with Crippen molar-refractivity contribution in [1.29, 1.82) is 0 Å². The third kappa shape index (κ3) is 4.67. The number of amides is 1. The lowest BCUT2D eigenvalue weighted by molar-refractivity contribution is -0.137. The highest BCUT2D eigenvalue weighted by molar-refractivity contribution is 6.34. The highest BCUT2D eigenvalue weighted by Gasteiger charge is 2.31. The van der Waals surface area contributed by atoms with Gasteiger partial charge in [-0.05, 0) is 24.3 Å². The fraction of sp³-hybridized carbons (Fsp3) is 0.133. The van der Waals surface area contributed by atoms with Gasteiger partial charge in [-0.2, -0.15) is 18.3 Å². The molecule has 1 aromatic carbocycles. The van der Waals surface area contributed by atoms with Crippen molar-refractivity contribution >= 4 is 35.3 Å². The van der Waals surface area contributed by atoms with Crippen molar-refractivity contribution in [3.8, 4) is 0 Å². The largest absolute Gasteiger partial charge is 0.417 e. The Morgan fingerprint density at radius 2 is 1.92 bits per heavy atom. The van der Waals surface area contributed by atoms with Gasteiger partial charge in [0.1, 0.15) is 11.5 Å². The minimum atomic E-state index is -4.57. The predicted octanol–water partition coefficient (Wildman–Crippen LogP) is 4.65. The molecular formula is C15H9Cl2F4N3O. The molecule has 1 aromatic heterocycles. The summed E-state index contributed by atoms with van der Waals surface area (Å²) in [6, 6.07) is 3.93. The number of rotatable bonds is 3. The number of hydrogen-bond acceptors (Lipinski definition) is 3. The molecule has 0 atom stereocenters. The molecule has 0 saturated carbocycles.